The quantitative estimate of drug-likeness (QED) is 0.280. The Morgan fingerprint density at radius 1 is 1.19 bits per heavy atom. The van der Waals surface area contributed by atoms with Crippen LogP contribution in [0, 0.1) is 0 Å². The lowest BCUT2D eigenvalue weighted by Crippen LogP contribution is -1.79. The molecule has 1 fully saturated rings. The Morgan fingerprint density at radius 2 is 1.86 bits per heavy atom. The van der Waals surface area contributed by atoms with Gasteiger partial charge in [0.2, 0.25) is 0 Å². The summed E-state index contributed by atoms with van der Waals surface area (Å²) in [6, 6.07) is 0. The molecule has 0 spiro atoms. The van der Waals surface area contributed by atoms with Crippen molar-refractivity contribution >= 4 is 7.60 Å². The summed E-state index contributed by atoms with van der Waals surface area (Å²) in [7, 11) is -3.01. The Bertz CT molecular complexity index is 532. The summed E-state index contributed by atoms with van der Waals surface area (Å²) in [5, 5.41) is 0. The van der Waals surface area contributed by atoms with E-state index in [9.17, 15) is 4.57 Å². The molecule has 0 aliphatic carbocycles. The summed E-state index contributed by atoms with van der Waals surface area (Å²) in [5.41, 5.74) is 6.52. The standard InChI is InChI=1S/C17H25O3P/c1-15(2)7-5-8-16(3)9-6-10-17(4)11-14-21(18)19-12-13-20-21/h6-7,9-10,14H,5,8,12-13H2,1-4H3. The smallest absolute Gasteiger partial charge is 0.303 e. The fourth-order valence-corrected chi connectivity index (χ4v) is 2.94. The van der Waals surface area contributed by atoms with Crippen LogP contribution in [0.2, 0.25) is 0 Å². The van der Waals surface area contributed by atoms with Gasteiger partial charge >= 0.3 is 7.60 Å². The van der Waals surface area contributed by atoms with Crippen molar-refractivity contribution in [1.82, 2.24) is 0 Å². The molecule has 1 rings (SSSR count). The first-order valence-electron chi connectivity index (χ1n) is 7.22. The third-order valence-electron chi connectivity index (χ3n) is 2.89. The molecule has 0 aromatic carbocycles. The third-order valence-corrected chi connectivity index (χ3v) is 4.42. The minimum atomic E-state index is -3.01. The zero-order valence-corrected chi connectivity index (χ0v) is 14.3. The summed E-state index contributed by atoms with van der Waals surface area (Å²) in [4.78, 5) is 0. The molecule has 3 nitrogen and oxygen atoms in total. The van der Waals surface area contributed by atoms with Crippen molar-refractivity contribution in [3.8, 4) is 0 Å². The van der Waals surface area contributed by atoms with E-state index in [1.54, 1.807) is 0 Å². The van der Waals surface area contributed by atoms with E-state index in [0.717, 1.165) is 18.4 Å². The summed E-state index contributed by atoms with van der Waals surface area (Å²) in [6.45, 7) is 9.03. The summed E-state index contributed by atoms with van der Waals surface area (Å²) in [6.07, 6.45) is 10.4. The first-order chi connectivity index (χ1) is 9.91. The molecule has 0 aromatic heterocycles. The second-order valence-electron chi connectivity index (χ2n) is 5.36. The first kappa shape index (κ1) is 17.9. The van der Waals surface area contributed by atoms with E-state index in [1.165, 1.54) is 17.0 Å². The number of allylic oxidation sites excluding steroid dienone is 7. The van der Waals surface area contributed by atoms with E-state index in [1.807, 2.05) is 19.1 Å². The molecular formula is C17H25O3P. The predicted molar refractivity (Wildman–Crippen MR) is 88.3 cm³/mol. The average molecular weight is 308 g/mol. The topological polar surface area (TPSA) is 35.5 Å². The molecule has 0 saturated carbocycles. The largest absolute Gasteiger partial charge is 0.361 e. The van der Waals surface area contributed by atoms with Crippen LogP contribution in [0.25, 0.3) is 0 Å². The maximum atomic E-state index is 11.9. The van der Waals surface area contributed by atoms with Crippen LogP contribution >= 0.6 is 7.60 Å². The van der Waals surface area contributed by atoms with Crippen molar-refractivity contribution in [3.63, 3.8) is 0 Å². The van der Waals surface area contributed by atoms with Gasteiger partial charge in [0, 0.05) is 0 Å². The molecular weight excluding hydrogens is 283 g/mol. The molecule has 1 aliphatic heterocycles. The highest BCUT2D eigenvalue weighted by Crippen LogP contribution is 2.52. The maximum Gasteiger partial charge on any atom is 0.361 e. The van der Waals surface area contributed by atoms with Crippen LogP contribution < -0.4 is 0 Å². The van der Waals surface area contributed by atoms with Crippen molar-refractivity contribution < 1.29 is 13.6 Å². The zero-order valence-electron chi connectivity index (χ0n) is 13.4. The van der Waals surface area contributed by atoms with E-state index in [-0.39, 0.29) is 0 Å². The molecule has 1 aliphatic rings. The van der Waals surface area contributed by atoms with Crippen molar-refractivity contribution in [1.29, 1.82) is 0 Å². The lowest BCUT2D eigenvalue weighted by molar-refractivity contribution is 0.364. The Balaban J connectivity index is 2.53. The van der Waals surface area contributed by atoms with Gasteiger partial charge in [0.05, 0.1) is 19.0 Å². The van der Waals surface area contributed by atoms with Gasteiger partial charge in [0.15, 0.2) is 0 Å². The minimum absolute atomic E-state index is 0.387. The van der Waals surface area contributed by atoms with Crippen molar-refractivity contribution in [2.75, 3.05) is 13.2 Å². The molecule has 1 saturated heterocycles. The Labute approximate surface area is 128 Å². The molecule has 0 N–H and O–H groups in total. The molecule has 0 amide bonds. The highest BCUT2D eigenvalue weighted by atomic mass is 31.2. The lowest BCUT2D eigenvalue weighted by atomic mass is 10.1. The SMILES string of the molecule is CC(=C=CP1(=O)OCCO1)C=CC=C(C)CCC=C(C)C. The van der Waals surface area contributed by atoms with E-state index in [2.05, 4.69) is 38.7 Å². The van der Waals surface area contributed by atoms with Gasteiger partial charge in [-0.2, -0.15) is 0 Å². The van der Waals surface area contributed by atoms with Crippen molar-refractivity contribution in [3.05, 3.63) is 52.6 Å². The van der Waals surface area contributed by atoms with Crippen LogP contribution in [0.1, 0.15) is 40.5 Å². The molecule has 1 heterocycles. The van der Waals surface area contributed by atoms with E-state index in [0.29, 0.717) is 13.2 Å². The molecule has 0 unspecified atom stereocenters. The molecule has 0 aromatic rings. The monoisotopic (exact) mass is 308 g/mol. The molecule has 0 bridgehead atoms. The Morgan fingerprint density at radius 3 is 2.48 bits per heavy atom. The molecule has 116 valence electrons. The van der Waals surface area contributed by atoms with Crippen LogP contribution in [0.3, 0.4) is 0 Å². The lowest BCUT2D eigenvalue weighted by Gasteiger charge is -1.99. The Kier molecular flexibility index (Phi) is 7.71. The van der Waals surface area contributed by atoms with E-state index >= 15 is 0 Å². The summed E-state index contributed by atoms with van der Waals surface area (Å²) < 4.78 is 22.0. The normalized spacial score (nSPS) is 17.6. The number of hydrogen-bond acceptors (Lipinski definition) is 3. The van der Waals surface area contributed by atoms with Gasteiger partial charge in [-0.15, -0.1) is 5.73 Å². The summed E-state index contributed by atoms with van der Waals surface area (Å²) in [5.74, 6) is 1.41. The predicted octanol–water partition coefficient (Wildman–Crippen LogP) is 5.53. The van der Waals surface area contributed by atoms with E-state index in [4.69, 9.17) is 9.05 Å². The fourth-order valence-electron chi connectivity index (χ4n) is 1.70. The van der Waals surface area contributed by atoms with Crippen LogP contribution in [-0.4, -0.2) is 13.2 Å². The third kappa shape index (κ3) is 8.04. The van der Waals surface area contributed by atoms with Gasteiger partial charge in [-0.05, 0) is 46.1 Å². The highest BCUT2D eigenvalue weighted by Gasteiger charge is 2.26. The van der Waals surface area contributed by atoms with Gasteiger partial charge in [-0.3, -0.25) is 4.57 Å². The Hall–Kier alpha value is -1.11. The van der Waals surface area contributed by atoms with Crippen LogP contribution in [0.15, 0.2) is 52.6 Å². The van der Waals surface area contributed by atoms with Gasteiger partial charge in [-0.25, -0.2) is 0 Å². The van der Waals surface area contributed by atoms with Gasteiger partial charge in [-0.1, -0.05) is 35.5 Å². The average Bonchev–Trinajstić information content (AvgIpc) is 2.83. The van der Waals surface area contributed by atoms with Crippen molar-refractivity contribution in [2.24, 2.45) is 0 Å². The fraction of sp³-hybridized carbons (Fsp3) is 0.471. The zero-order chi connectivity index (χ0) is 15.7. The highest BCUT2D eigenvalue weighted by molar-refractivity contribution is 7.57. The summed E-state index contributed by atoms with van der Waals surface area (Å²) >= 11 is 0. The van der Waals surface area contributed by atoms with Gasteiger partial charge in [0.1, 0.15) is 0 Å². The minimum Gasteiger partial charge on any atom is -0.303 e. The molecule has 0 atom stereocenters. The maximum absolute atomic E-state index is 11.9. The molecule has 0 radical (unpaired) electrons. The number of hydrogen-bond donors (Lipinski definition) is 0. The van der Waals surface area contributed by atoms with Crippen LogP contribution in [0.5, 0.6) is 0 Å². The van der Waals surface area contributed by atoms with Crippen LogP contribution in [0.4, 0.5) is 0 Å². The number of rotatable bonds is 6. The second-order valence-corrected chi connectivity index (χ2v) is 7.21. The van der Waals surface area contributed by atoms with Gasteiger partial charge in [0.25, 0.3) is 0 Å². The second kappa shape index (κ2) is 9.02. The van der Waals surface area contributed by atoms with Crippen molar-refractivity contribution in [2.45, 2.75) is 40.5 Å². The van der Waals surface area contributed by atoms with Gasteiger partial charge < -0.3 is 9.05 Å². The van der Waals surface area contributed by atoms with Crippen LogP contribution in [-0.2, 0) is 13.6 Å². The van der Waals surface area contributed by atoms with E-state index < -0.39 is 7.60 Å². The first-order valence-corrected chi connectivity index (χ1v) is 8.83. The molecule has 4 heteroatoms. The molecule has 21 heavy (non-hydrogen) atoms.